The fourth-order valence-corrected chi connectivity index (χ4v) is 4.34. The Balaban J connectivity index is 1.55. The molecule has 3 N–H and O–H groups in total. The van der Waals surface area contributed by atoms with E-state index in [9.17, 15) is 4.79 Å². The third-order valence-corrected chi connectivity index (χ3v) is 5.03. The van der Waals surface area contributed by atoms with Gasteiger partial charge in [0.1, 0.15) is 0 Å². The lowest BCUT2D eigenvalue weighted by Gasteiger charge is -2.14. The molecule has 0 spiro atoms. The number of hydrogen-bond acceptors (Lipinski definition) is 2. The van der Waals surface area contributed by atoms with Crippen LogP contribution in [0.2, 0.25) is 0 Å². The maximum atomic E-state index is 12.1. The molecule has 0 radical (unpaired) electrons. The Morgan fingerprint density at radius 3 is 2.56 bits per heavy atom. The summed E-state index contributed by atoms with van der Waals surface area (Å²) in [6, 6.07) is 0.247. The summed E-state index contributed by atoms with van der Waals surface area (Å²) in [6.45, 7) is 2.71. The van der Waals surface area contributed by atoms with Gasteiger partial charge in [-0.15, -0.1) is 0 Å². The Kier molecular flexibility index (Phi) is 2.46. The van der Waals surface area contributed by atoms with E-state index in [0.717, 1.165) is 30.1 Å². The first-order chi connectivity index (χ1) is 7.72. The van der Waals surface area contributed by atoms with Gasteiger partial charge in [-0.25, -0.2) is 0 Å². The van der Waals surface area contributed by atoms with Crippen molar-refractivity contribution in [2.75, 3.05) is 6.54 Å². The summed E-state index contributed by atoms with van der Waals surface area (Å²) in [5.74, 6) is 3.96. The maximum Gasteiger partial charge on any atom is 0.223 e. The van der Waals surface area contributed by atoms with Gasteiger partial charge in [-0.2, -0.15) is 0 Å². The van der Waals surface area contributed by atoms with Crippen LogP contribution in [0.25, 0.3) is 0 Å². The summed E-state index contributed by atoms with van der Waals surface area (Å²) >= 11 is 0. The predicted molar refractivity (Wildman–Crippen MR) is 62.6 cm³/mol. The molecule has 0 aliphatic heterocycles. The lowest BCUT2D eigenvalue weighted by Crippen LogP contribution is -2.36. The Hall–Kier alpha value is -0.570. The van der Waals surface area contributed by atoms with Gasteiger partial charge in [-0.05, 0) is 62.8 Å². The van der Waals surface area contributed by atoms with Crippen molar-refractivity contribution in [2.45, 2.75) is 38.6 Å². The van der Waals surface area contributed by atoms with Gasteiger partial charge in [0.05, 0.1) is 0 Å². The number of hydrogen-bond donors (Lipinski definition) is 2. The van der Waals surface area contributed by atoms with Crippen molar-refractivity contribution in [1.82, 2.24) is 5.32 Å². The van der Waals surface area contributed by atoms with E-state index >= 15 is 0 Å². The summed E-state index contributed by atoms with van der Waals surface area (Å²) in [4.78, 5) is 12.1. The molecule has 16 heavy (non-hydrogen) atoms. The van der Waals surface area contributed by atoms with Crippen molar-refractivity contribution in [1.29, 1.82) is 0 Å². The highest BCUT2D eigenvalue weighted by molar-refractivity contribution is 5.83. The standard InChI is InChI=1S/C13H22N2O/c1-7(4-5-14)15-13(16)12-10-8-2-3-9(6-8)11(10)12/h7-12H,2-6,14H2,1H3,(H,15,16). The highest BCUT2D eigenvalue weighted by Crippen LogP contribution is 2.69. The van der Waals surface area contributed by atoms with Crippen LogP contribution in [0.4, 0.5) is 0 Å². The predicted octanol–water partition coefficient (Wildman–Crippen LogP) is 1.13. The molecule has 0 aromatic carbocycles. The van der Waals surface area contributed by atoms with Crippen molar-refractivity contribution in [3.8, 4) is 0 Å². The van der Waals surface area contributed by atoms with Crippen LogP contribution in [0.3, 0.4) is 0 Å². The molecular formula is C13H22N2O. The van der Waals surface area contributed by atoms with Gasteiger partial charge < -0.3 is 11.1 Å². The molecule has 3 fully saturated rings. The molecule has 5 unspecified atom stereocenters. The minimum Gasteiger partial charge on any atom is -0.353 e. The quantitative estimate of drug-likeness (QED) is 0.749. The maximum absolute atomic E-state index is 12.1. The van der Waals surface area contributed by atoms with E-state index in [1.807, 2.05) is 0 Å². The SMILES string of the molecule is CC(CCN)NC(=O)C1C2C3CCC(C3)C12. The van der Waals surface area contributed by atoms with E-state index in [0.29, 0.717) is 18.4 Å². The van der Waals surface area contributed by atoms with Crippen LogP contribution < -0.4 is 11.1 Å². The van der Waals surface area contributed by atoms with Crippen molar-refractivity contribution >= 4 is 5.91 Å². The van der Waals surface area contributed by atoms with Crippen LogP contribution in [0, 0.1) is 29.6 Å². The van der Waals surface area contributed by atoms with E-state index < -0.39 is 0 Å². The Morgan fingerprint density at radius 1 is 1.38 bits per heavy atom. The third-order valence-electron chi connectivity index (χ3n) is 5.03. The van der Waals surface area contributed by atoms with E-state index in [4.69, 9.17) is 5.73 Å². The number of nitrogens with two attached hydrogens (primary N) is 1. The van der Waals surface area contributed by atoms with Gasteiger partial charge in [0.2, 0.25) is 5.91 Å². The zero-order chi connectivity index (χ0) is 11.3. The van der Waals surface area contributed by atoms with E-state index in [1.165, 1.54) is 19.3 Å². The Labute approximate surface area is 97.2 Å². The van der Waals surface area contributed by atoms with Crippen LogP contribution in [0.15, 0.2) is 0 Å². The number of fused-ring (bicyclic) bond motifs is 5. The minimum absolute atomic E-state index is 0.247. The average Bonchev–Trinajstić information content (AvgIpc) is 2.69. The molecule has 5 atom stereocenters. The summed E-state index contributed by atoms with van der Waals surface area (Å²) in [5.41, 5.74) is 5.49. The lowest BCUT2D eigenvalue weighted by atomic mass is 10.0. The van der Waals surface area contributed by atoms with Crippen molar-refractivity contribution in [2.24, 2.45) is 35.3 Å². The highest BCUT2D eigenvalue weighted by Gasteiger charge is 2.67. The fourth-order valence-electron chi connectivity index (χ4n) is 4.34. The topological polar surface area (TPSA) is 55.1 Å². The van der Waals surface area contributed by atoms with Crippen LogP contribution >= 0.6 is 0 Å². The molecule has 3 nitrogen and oxygen atoms in total. The molecule has 3 heteroatoms. The second-order valence-corrected chi connectivity index (χ2v) is 6.00. The smallest absolute Gasteiger partial charge is 0.223 e. The van der Waals surface area contributed by atoms with Crippen molar-refractivity contribution in [3.63, 3.8) is 0 Å². The van der Waals surface area contributed by atoms with Crippen LogP contribution in [0.5, 0.6) is 0 Å². The third kappa shape index (κ3) is 1.48. The molecule has 0 aromatic rings. The largest absolute Gasteiger partial charge is 0.353 e. The second-order valence-electron chi connectivity index (χ2n) is 6.00. The number of carbonyl (C=O) groups is 1. The monoisotopic (exact) mass is 222 g/mol. The molecule has 1 amide bonds. The van der Waals surface area contributed by atoms with Gasteiger partial charge >= 0.3 is 0 Å². The molecule has 90 valence electrons. The van der Waals surface area contributed by atoms with Crippen LogP contribution in [-0.4, -0.2) is 18.5 Å². The van der Waals surface area contributed by atoms with Crippen molar-refractivity contribution < 1.29 is 4.79 Å². The van der Waals surface area contributed by atoms with Gasteiger partial charge in [0.15, 0.2) is 0 Å². The van der Waals surface area contributed by atoms with E-state index in [2.05, 4.69) is 12.2 Å². The van der Waals surface area contributed by atoms with Gasteiger partial charge in [-0.3, -0.25) is 4.79 Å². The molecule has 0 aromatic heterocycles. The number of nitrogens with one attached hydrogen (secondary N) is 1. The first kappa shape index (κ1) is 10.6. The van der Waals surface area contributed by atoms with Gasteiger partial charge in [0.25, 0.3) is 0 Å². The summed E-state index contributed by atoms with van der Waals surface area (Å²) in [5, 5.41) is 3.12. The summed E-state index contributed by atoms with van der Waals surface area (Å²) in [6.07, 6.45) is 5.07. The molecular weight excluding hydrogens is 200 g/mol. The zero-order valence-electron chi connectivity index (χ0n) is 9.99. The van der Waals surface area contributed by atoms with E-state index in [-0.39, 0.29) is 6.04 Å². The lowest BCUT2D eigenvalue weighted by molar-refractivity contribution is -0.123. The zero-order valence-corrected chi connectivity index (χ0v) is 9.99. The highest BCUT2D eigenvalue weighted by atomic mass is 16.2. The Bertz CT molecular complexity index is 288. The minimum atomic E-state index is 0.247. The molecule has 0 saturated heterocycles. The molecule has 3 aliphatic carbocycles. The van der Waals surface area contributed by atoms with E-state index in [1.54, 1.807) is 0 Å². The van der Waals surface area contributed by atoms with Crippen molar-refractivity contribution in [3.05, 3.63) is 0 Å². The number of amides is 1. The average molecular weight is 222 g/mol. The normalized spacial score (nSPS) is 45.2. The first-order valence-corrected chi connectivity index (χ1v) is 6.72. The molecule has 2 bridgehead atoms. The molecule has 0 heterocycles. The van der Waals surface area contributed by atoms with Gasteiger partial charge in [-0.1, -0.05) is 0 Å². The molecule has 3 rings (SSSR count). The first-order valence-electron chi connectivity index (χ1n) is 6.72. The Morgan fingerprint density at radius 2 is 2.00 bits per heavy atom. The number of carbonyl (C=O) groups excluding carboxylic acids is 1. The van der Waals surface area contributed by atoms with Crippen LogP contribution in [0.1, 0.15) is 32.6 Å². The molecule has 3 aliphatic rings. The summed E-state index contributed by atoms with van der Waals surface area (Å²) in [7, 11) is 0. The fraction of sp³-hybridized carbons (Fsp3) is 0.923. The van der Waals surface area contributed by atoms with Gasteiger partial charge in [0, 0.05) is 12.0 Å². The molecule has 3 saturated carbocycles. The van der Waals surface area contributed by atoms with Crippen LogP contribution in [-0.2, 0) is 4.79 Å². The second kappa shape index (κ2) is 3.73. The summed E-state index contributed by atoms with van der Waals surface area (Å²) < 4.78 is 0. The number of rotatable bonds is 4.